The van der Waals surface area contributed by atoms with E-state index in [1.165, 1.54) is 20.7 Å². The van der Waals surface area contributed by atoms with Gasteiger partial charge >= 0.3 is 0 Å². The van der Waals surface area contributed by atoms with E-state index < -0.39 is 0 Å². The zero-order valence-electron chi connectivity index (χ0n) is 10.6. The fraction of sp³-hybridized carbons (Fsp3) is 0.214. The summed E-state index contributed by atoms with van der Waals surface area (Å²) in [7, 11) is 0. The van der Waals surface area contributed by atoms with Gasteiger partial charge in [-0.1, -0.05) is 15.9 Å². The highest BCUT2D eigenvalue weighted by Crippen LogP contribution is 2.43. The molecule has 6 heteroatoms. The molecule has 3 N–H and O–H groups in total. The fourth-order valence-electron chi connectivity index (χ4n) is 2.60. The second kappa shape index (κ2) is 4.80. The molecule has 4 rings (SSSR count). The molecule has 0 atom stereocenters. The number of thiophene rings is 1. The van der Waals surface area contributed by atoms with E-state index in [0.29, 0.717) is 0 Å². The molecule has 0 radical (unpaired) electrons. The zero-order valence-corrected chi connectivity index (χ0v) is 13.8. The number of nitrogen functional groups attached to an aromatic ring is 1. The fourth-order valence-corrected chi connectivity index (χ4v) is 5.35. The maximum absolute atomic E-state index is 6.25. The van der Waals surface area contributed by atoms with Crippen LogP contribution in [0.15, 0.2) is 22.7 Å². The highest BCUT2D eigenvalue weighted by atomic mass is 79.9. The molecule has 0 aliphatic carbocycles. The maximum Gasteiger partial charge on any atom is 0.127 e. The number of halogens is 1. The first-order chi connectivity index (χ1) is 9.72. The summed E-state index contributed by atoms with van der Waals surface area (Å²) < 4.78 is 2.28. The number of nitrogens with two attached hydrogens (primary N) is 1. The topological polar surface area (TPSA) is 50.9 Å². The Hall–Kier alpha value is -0.950. The number of hydrogen-bond donors (Lipinski definition) is 2. The van der Waals surface area contributed by atoms with Crippen molar-refractivity contribution in [3.63, 3.8) is 0 Å². The molecule has 0 unspecified atom stereocenters. The van der Waals surface area contributed by atoms with Gasteiger partial charge < -0.3 is 11.1 Å². The molecule has 0 fully saturated rings. The quantitative estimate of drug-likeness (QED) is 0.684. The normalized spacial score (nSPS) is 14.7. The predicted octanol–water partition coefficient (Wildman–Crippen LogP) is 4.02. The molecule has 1 aliphatic rings. The van der Waals surface area contributed by atoms with E-state index in [0.717, 1.165) is 39.5 Å². The van der Waals surface area contributed by atoms with Crippen molar-refractivity contribution in [2.45, 2.75) is 13.0 Å². The van der Waals surface area contributed by atoms with Gasteiger partial charge in [-0.05, 0) is 36.7 Å². The van der Waals surface area contributed by atoms with Gasteiger partial charge in [-0.15, -0.1) is 22.7 Å². The summed E-state index contributed by atoms with van der Waals surface area (Å²) in [5.41, 5.74) is 9.86. The van der Waals surface area contributed by atoms with Crippen LogP contribution >= 0.6 is 38.6 Å². The lowest BCUT2D eigenvalue weighted by Gasteiger charge is -2.13. The molecule has 102 valence electrons. The van der Waals surface area contributed by atoms with Gasteiger partial charge in [0.05, 0.1) is 15.2 Å². The molecule has 1 aliphatic heterocycles. The monoisotopic (exact) mass is 365 g/mol. The smallest absolute Gasteiger partial charge is 0.127 e. The van der Waals surface area contributed by atoms with Crippen LogP contribution in [0.25, 0.3) is 20.8 Å². The van der Waals surface area contributed by atoms with Gasteiger partial charge in [-0.25, -0.2) is 4.98 Å². The summed E-state index contributed by atoms with van der Waals surface area (Å²) >= 11 is 6.93. The molecule has 0 bridgehead atoms. The molecule has 3 heterocycles. The third kappa shape index (κ3) is 1.98. The Kier molecular flexibility index (Phi) is 3.07. The van der Waals surface area contributed by atoms with Crippen LogP contribution in [0.4, 0.5) is 5.00 Å². The third-order valence-corrected chi connectivity index (χ3v) is 6.11. The van der Waals surface area contributed by atoms with Gasteiger partial charge in [0.25, 0.3) is 0 Å². The Balaban J connectivity index is 1.92. The van der Waals surface area contributed by atoms with Crippen molar-refractivity contribution in [2.24, 2.45) is 0 Å². The van der Waals surface area contributed by atoms with E-state index in [1.807, 2.05) is 6.07 Å². The number of aromatic nitrogens is 1. The Bertz CT molecular complexity index is 806. The van der Waals surface area contributed by atoms with Crippen LogP contribution in [0.1, 0.15) is 10.4 Å². The van der Waals surface area contributed by atoms with Gasteiger partial charge in [0.15, 0.2) is 0 Å². The maximum atomic E-state index is 6.25. The lowest BCUT2D eigenvalue weighted by molar-refractivity contribution is 0.655. The van der Waals surface area contributed by atoms with E-state index in [1.54, 1.807) is 22.7 Å². The molecule has 0 amide bonds. The summed E-state index contributed by atoms with van der Waals surface area (Å²) in [5, 5.41) is 5.35. The first kappa shape index (κ1) is 12.8. The first-order valence-electron chi connectivity index (χ1n) is 6.39. The number of thiazole rings is 1. The molecule has 0 spiro atoms. The Morgan fingerprint density at radius 3 is 3.10 bits per heavy atom. The Labute approximate surface area is 133 Å². The van der Waals surface area contributed by atoms with Crippen molar-refractivity contribution in [1.82, 2.24) is 10.3 Å². The lowest BCUT2D eigenvalue weighted by Crippen LogP contribution is -2.22. The predicted molar refractivity (Wildman–Crippen MR) is 90.5 cm³/mol. The van der Waals surface area contributed by atoms with E-state index in [9.17, 15) is 0 Å². The van der Waals surface area contributed by atoms with E-state index >= 15 is 0 Å². The molecule has 3 aromatic rings. The molecule has 0 saturated carbocycles. The van der Waals surface area contributed by atoms with Gasteiger partial charge in [0.2, 0.25) is 0 Å². The minimum Gasteiger partial charge on any atom is -0.390 e. The average Bonchev–Trinajstić information content (AvgIpc) is 2.97. The van der Waals surface area contributed by atoms with Gasteiger partial charge in [-0.3, -0.25) is 0 Å². The molecule has 3 nitrogen and oxygen atoms in total. The molecule has 1 aromatic carbocycles. The Morgan fingerprint density at radius 1 is 1.30 bits per heavy atom. The number of rotatable bonds is 1. The summed E-state index contributed by atoms with van der Waals surface area (Å²) in [6, 6.07) is 6.20. The summed E-state index contributed by atoms with van der Waals surface area (Å²) in [5.74, 6) is 0. The summed E-state index contributed by atoms with van der Waals surface area (Å²) in [6.07, 6.45) is 1.04. The Morgan fingerprint density at radius 2 is 2.20 bits per heavy atom. The first-order valence-corrected chi connectivity index (χ1v) is 8.82. The van der Waals surface area contributed by atoms with Crippen molar-refractivity contribution in [1.29, 1.82) is 0 Å². The molecular formula is C14H12BrN3S2. The molecule has 0 saturated heterocycles. The van der Waals surface area contributed by atoms with Gasteiger partial charge in [-0.2, -0.15) is 0 Å². The van der Waals surface area contributed by atoms with Crippen molar-refractivity contribution in [3.05, 3.63) is 33.1 Å². The van der Waals surface area contributed by atoms with Crippen LogP contribution in [0.5, 0.6) is 0 Å². The van der Waals surface area contributed by atoms with Crippen LogP contribution < -0.4 is 11.1 Å². The number of nitrogens with one attached hydrogen (secondary N) is 1. The summed E-state index contributed by atoms with van der Waals surface area (Å²) in [6.45, 7) is 1.95. The van der Waals surface area contributed by atoms with Gasteiger partial charge in [0, 0.05) is 21.5 Å². The lowest BCUT2D eigenvalue weighted by atomic mass is 10.0. The second-order valence-corrected chi connectivity index (χ2v) is 7.88. The number of nitrogens with zero attached hydrogens (tertiary/aromatic N) is 1. The van der Waals surface area contributed by atoms with Crippen LogP contribution in [-0.2, 0) is 13.0 Å². The number of anilines is 1. The standard InChI is InChI=1S/C14H12BrN3S2/c15-7-1-2-9-10(5-7)20-14(18-9)12-8-3-4-17-6-11(8)19-13(12)16/h1-2,5,17H,3-4,6,16H2. The van der Waals surface area contributed by atoms with E-state index in [-0.39, 0.29) is 0 Å². The second-order valence-electron chi connectivity index (χ2n) is 4.80. The van der Waals surface area contributed by atoms with Crippen molar-refractivity contribution >= 4 is 53.8 Å². The number of fused-ring (bicyclic) bond motifs is 2. The highest BCUT2D eigenvalue weighted by molar-refractivity contribution is 9.10. The molecular weight excluding hydrogens is 354 g/mol. The van der Waals surface area contributed by atoms with E-state index in [4.69, 9.17) is 10.7 Å². The summed E-state index contributed by atoms with van der Waals surface area (Å²) in [4.78, 5) is 6.13. The largest absolute Gasteiger partial charge is 0.390 e. The number of hydrogen-bond acceptors (Lipinski definition) is 5. The van der Waals surface area contributed by atoms with Crippen molar-refractivity contribution < 1.29 is 0 Å². The van der Waals surface area contributed by atoms with Crippen molar-refractivity contribution in [2.75, 3.05) is 12.3 Å². The zero-order chi connectivity index (χ0) is 13.7. The molecule has 2 aromatic heterocycles. The van der Waals surface area contributed by atoms with Crippen LogP contribution in [-0.4, -0.2) is 11.5 Å². The minimum absolute atomic E-state index is 0.900. The van der Waals surface area contributed by atoms with Crippen LogP contribution in [0.2, 0.25) is 0 Å². The van der Waals surface area contributed by atoms with Crippen molar-refractivity contribution in [3.8, 4) is 10.6 Å². The average molecular weight is 366 g/mol. The van der Waals surface area contributed by atoms with E-state index in [2.05, 4.69) is 33.4 Å². The van der Waals surface area contributed by atoms with Crippen LogP contribution in [0.3, 0.4) is 0 Å². The minimum atomic E-state index is 0.900. The SMILES string of the molecule is Nc1sc2c(c1-c1nc3ccc(Br)cc3s1)CCNC2. The highest BCUT2D eigenvalue weighted by Gasteiger charge is 2.22. The van der Waals surface area contributed by atoms with Crippen LogP contribution in [0, 0.1) is 0 Å². The number of benzene rings is 1. The third-order valence-electron chi connectivity index (χ3n) is 3.52. The van der Waals surface area contributed by atoms with Gasteiger partial charge in [0.1, 0.15) is 5.01 Å². The molecule has 20 heavy (non-hydrogen) atoms.